The minimum Gasteiger partial charge on any atom is -0.384 e. The van der Waals surface area contributed by atoms with Gasteiger partial charge in [0, 0.05) is 19.8 Å². The van der Waals surface area contributed by atoms with Crippen molar-refractivity contribution in [2.75, 3.05) is 13.7 Å². The normalized spacial score (nSPS) is 51.4. The maximum Gasteiger partial charge on any atom is 0.0490 e. The molecule has 92 valence electrons. The summed E-state index contributed by atoms with van der Waals surface area (Å²) < 4.78 is 5.36. The molecule has 1 spiro atoms. The summed E-state index contributed by atoms with van der Waals surface area (Å²) in [6.07, 6.45) is 9.78. The maximum atomic E-state index is 6.55. The molecule has 5 atom stereocenters. The van der Waals surface area contributed by atoms with Crippen molar-refractivity contribution < 1.29 is 4.74 Å². The average molecular weight is 223 g/mol. The number of methoxy groups -OCH3 is 1. The zero-order valence-corrected chi connectivity index (χ0v) is 10.5. The predicted molar refractivity (Wildman–Crippen MR) is 65.1 cm³/mol. The lowest BCUT2D eigenvalue weighted by Crippen LogP contribution is -2.49. The quantitative estimate of drug-likeness (QED) is 0.781. The van der Waals surface area contributed by atoms with Gasteiger partial charge in [0.25, 0.3) is 0 Å². The van der Waals surface area contributed by atoms with Crippen molar-refractivity contribution in [3.05, 3.63) is 0 Å². The number of rotatable bonds is 2. The summed E-state index contributed by atoms with van der Waals surface area (Å²) in [5, 5.41) is 0. The first-order valence-corrected chi connectivity index (χ1v) is 7.01. The topological polar surface area (TPSA) is 35.2 Å². The monoisotopic (exact) mass is 223 g/mol. The number of fused-ring (bicyclic) bond motifs is 3. The van der Waals surface area contributed by atoms with Crippen LogP contribution in [-0.2, 0) is 4.74 Å². The van der Waals surface area contributed by atoms with Gasteiger partial charge in [0.2, 0.25) is 0 Å². The number of hydrogen-bond donors (Lipinski definition) is 1. The first-order chi connectivity index (χ1) is 7.76. The molecule has 3 fully saturated rings. The lowest BCUT2D eigenvalue weighted by molar-refractivity contribution is 0.0196. The van der Waals surface area contributed by atoms with Crippen LogP contribution < -0.4 is 5.73 Å². The van der Waals surface area contributed by atoms with Gasteiger partial charge in [-0.25, -0.2) is 0 Å². The zero-order valence-electron chi connectivity index (χ0n) is 10.5. The Morgan fingerprint density at radius 1 is 1.31 bits per heavy atom. The van der Waals surface area contributed by atoms with Gasteiger partial charge in [-0.3, -0.25) is 0 Å². The van der Waals surface area contributed by atoms with Gasteiger partial charge in [-0.05, 0) is 61.7 Å². The fourth-order valence-corrected chi connectivity index (χ4v) is 5.12. The van der Waals surface area contributed by atoms with Crippen LogP contribution in [0.2, 0.25) is 0 Å². The minimum atomic E-state index is 0.505. The van der Waals surface area contributed by atoms with E-state index in [1.54, 1.807) is 0 Å². The molecule has 2 bridgehead atoms. The molecule has 2 nitrogen and oxygen atoms in total. The molecule has 0 aliphatic heterocycles. The molecular weight excluding hydrogens is 198 g/mol. The van der Waals surface area contributed by atoms with E-state index in [0.717, 1.165) is 24.4 Å². The average Bonchev–Trinajstić information content (AvgIpc) is 2.84. The summed E-state index contributed by atoms with van der Waals surface area (Å²) >= 11 is 0. The van der Waals surface area contributed by atoms with Crippen LogP contribution in [0.15, 0.2) is 0 Å². The van der Waals surface area contributed by atoms with E-state index in [2.05, 4.69) is 0 Å². The van der Waals surface area contributed by atoms with E-state index in [1.165, 1.54) is 44.9 Å². The smallest absolute Gasteiger partial charge is 0.0490 e. The first kappa shape index (κ1) is 11.0. The minimum absolute atomic E-state index is 0.505. The highest BCUT2D eigenvalue weighted by molar-refractivity contribution is 5.10. The first-order valence-electron chi connectivity index (χ1n) is 7.01. The van der Waals surface area contributed by atoms with Crippen LogP contribution in [0.4, 0.5) is 0 Å². The Hall–Kier alpha value is -0.0800. The molecule has 0 aromatic rings. The molecule has 0 saturated heterocycles. The fourth-order valence-electron chi connectivity index (χ4n) is 5.12. The van der Waals surface area contributed by atoms with Gasteiger partial charge >= 0.3 is 0 Å². The molecule has 0 radical (unpaired) electrons. The van der Waals surface area contributed by atoms with Crippen molar-refractivity contribution in [3.63, 3.8) is 0 Å². The molecule has 0 amide bonds. The largest absolute Gasteiger partial charge is 0.384 e. The van der Waals surface area contributed by atoms with E-state index in [4.69, 9.17) is 10.5 Å². The molecule has 2 N–H and O–H groups in total. The highest BCUT2D eigenvalue weighted by Gasteiger charge is 2.57. The summed E-state index contributed by atoms with van der Waals surface area (Å²) in [6.45, 7) is 0.950. The highest BCUT2D eigenvalue weighted by Crippen LogP contribution is 2.61. The molecule has 2 heteroatoms. The summed E-state index contributed by atoms with van der Waals surface area (Å²) in [5.41, 5.74) is 7.07. The van der Waals surface area contributed by atoms with Crippen molar-refractivity contribution >= 4 is 0 Å². The highest BCUT2D eigenvalue weighted by atomic mass is 16.5. The number of ether oxygens (including phenoxy) is 1. The molecule has 0 aromatic carbocycles. The van der Waals surface area contributed by atoms with Gasteiger partial charge in [0.1, 0.15) is 0 Å². The van der Waals surface area contributed by atoms with Crippen LogP contribution in [0.25, 0.3) is 0 Å². The Kier molecular flexibility index (Phi) is 2.75. The van der Waals surface area contributed by atoms with Crippen LogP contribution in [0.1, 0.15) is 44.9 Å². The van der Waals surface area contributed by atoms with Crippen molar-refractivity contribution in [2.45, 2.75) is 51.0 Å². The summed E-state index contributed by atoms with van der Waals surface area (Å²) in [6, 6.07) is 0.505. The van der Waals surface area contributed by atoms with Crippen molar-refractivity contribution in [3.8, 4) is 0 Å². The Morgan fingerprint density at radius 2 is 2.19 bits per heavy atom. The third-order valence-electron chi connectivity index (χ3n) is 5.78. The third-order valence-corrected chi connectivity index (χ3v) is 5.78. The molecule has 3 rings (SSSR count). The van der Waals surface area contributed by atoms with Crippen LogP contribution in [0, 0.1) is 23.2 Å². The Morgan fingerprint density at radius 3 is 2.88 bits per heavy atom. The Bertz CT molecular complexity index is 261. The molecule has 16 heavy (non-hydrogen) atoms. The van der Waals surface area contributed by atoms with Crippen LogP contribution >= 0.6 is 0 Å². The molecule has 0 unspecified atom stereocenters. The van der Waals surface area contributed by atoms with E-state index >= 15 is 0 Å². The van der Waals surface area contributed by atoms with Gasteiger partial charge in [-0.15, -0.1) is 0 Å². The van der Waals surface area contributed by atoms with Gasteiger partial charge in [-0.2, -0.15) is 0 Å². The number of nitrogens with two attached hydrogens (primary N) is 1. The van der Waals surface area contributed by atoms with Crippen LogP contribution in [-0.4, -0.2) is 19.8 Å². The fraction of sp³-hybridized carbons (Fsp3) is 1.00. The Balaban J connectivity index is 1.77. The van der Waals surface area contributed by atoms with Crippen molar-refractivity contribution in [1.82, 2.24) is 0 Å². The predicted octanol–water partition coefficient (Wildman–Crippen LogP) is 2.57. The van der Waals surface area contributed by atoms with Gasteiger partial charge < -0.3 is 10.5 Å². The SMILES string of the molecule is COC[C@@H]1CCC[C@@]2(C1)[C@H]1CC[C@H](C1)[C@H]2N. The number of hydrogen-bond acceptors (Lipinski definition) is 2. The second-order valence-electron chi connectivity index (χ2n) is 6.45. The van der Waals surface area contributed by atoms with E-state index in [9.17, 15) is 0 Å². The molecule has 3 aliphatic rings. The van der Waals surface area contributed by atoms with Gasteiger partial charge in [0.05, 0.1) is 0 Å². The molecule has 3 aliphatic carbocycles. The molecule has 0 aromatic heterocycles. The third kappa shape index (κ3) is 1.46. The lowest BCUT2D eigenvalue weighted by atomic mass is 9.60. The Labute approximate surface area is 98.9 Å². The van der Waals surface area contributed by atoms with Crippen LogP contribution in [0.3, 0.4) is 0 Å². The van der Waals surface area contributed by atoms with E-state index < -0.39 is 0 Å². The summed E-state index contributed by atoms with van der Waals surface area (Å²) in [4.78, 5) is 0. The standard InChI is InChI=1S/C14H25NO/c1-16-9-10-3-2-6-14(8-10)12-5-4-11(7-12)13(14)15/h10-13H,2-9,15H2,1H3/t10-,11-,12+,13-,14-/m1/s1. The lowest BCUT2D eigenvalue weighted by Gasteiger charge is -2.47. The second kappa shape index (κ2) is 3.99. The van der Waals surface area contributed by atoms with Crippen LogP contribution in [0.5, 0.6) is 0 Å². The molecule has 0 heterocycles. The second-order valence-corrected chi connectivity index (χ2v) is 6.45. The van der Waals surface area contributed by atoms with Crippen molar-refractivity contribution in [1.29, 1.82) is 0 Å². The maximum absolute atomic E-state index is 6.55. The van der Waals surface area contributed by atoms with E-state index in [0.29, 0.717) is 11.5 Å². The van der Waals surface area contributed by atoms with E-state index in [1.807, 2.05) is 7.11 Å². The van der Waals surface area contributed by atoms with Gasteiger partial charge in [0.15, 0.2) is 0 Å². The van der Waals surface area contributed by atoms with Gasteiger partial charge in [-0.1, -0.05) is 6.42 Å². The van der Waals surface area contributed by atoms with Crippen molar-refractivity contribution in [2.24, 2.45) is 28.9 Å². The summed E-state index contributed by atoms with van der Waals surface area (Å²) in [5.74, 6) is 2.59. The summed E-state index contributed by atoms with van der Waals surface area (Å²) in [7, 11) is 1.84. The zero-order chi connectivity index (χ0) is 11.2. The van der Waals surface area contributed by atoms with E-state index in [-0.39, 0.29) is 0 Å². The molecular formula is C14H25NO. The molecule has 3 saturated carbocycles.